The van der Waals surface area contributed by atoms with Gasteiger partial charge in [0.15, 0.2) is 5.60 Å². The molecular formula is C24H21N3O5. The number of aromatic nitrogens is 2. The van der Waals surface area contributed by atoms with Crippen LogP contribution in [0.1, 0.15) is 42.5 Å². The molecule has 32 heavy (non-hydrogen) atoms. The van der Waals surface area contributed by atoms with Crippen molar-refractivity contribution in [1.29, 1.82) is 0 Å². The van der Waals surface area contributed by atoms with Gasteiger partial charge in [-0.2, -0.15) is 0 Å². The van der Waals surface area contributed by atoms with Gasteiger partial charge in [-0.3, -0.25) is 9.59 Å². The number of esters is 1. The van der Waals surface area contributed by atoms with Crippen molar-refractivity contribution in [3.05, 3.63) is 56.9 Å². The molecule has 0 saturated carbocycles. The van der Waals surface area contributed by atoms with Gasteiger partial charge in [-0.1, -0.05) is 13.0 Å². The van der Waals surface area contributed by atoms with E-state index in [1.807, 2.05) is 18.2 Å². The molecule has 8 heteroatoms. The number of ether oxygens (including phenoxy) is 1. The Kier molecular flexibility index (Phi) is 3.75. The molecule has 0 spiro atoms. The summed E-state index contributed by atoms with van der Waals surface area (Å²) in [5.74, 6) is -0.745. The zero-order chi connectivity index (χ0) is 22.4. The number of pyridine rings is 2. The van der Waals surface area contributed by atoms with Gasteiger partial charge in [-0.15, -0.1) is 0 Å². The van der Waals surface area contributed by atoms with Crippen molar-refractivity contribution in [2.45, 2.75) is 45.4 Å². The van der Waals surface area contributed by atoms with Crippen LogP contribution < -0.4 is 10.5 Å². The zero-order valence-electron chi connectivity index (χ0n) is 17.8. The van der Waals surface area contributed by atoms with E-state index in [1.165, 1.54) is 0 Å². The highest BCUT2D eigenvalue weighted by atomic mass is 16.6. The molecule has 6 rings (SSSR count). The predicted octanol–water partition coefficient (Wildman–Crippen LogP) is 1.99. The molecule has 1 amide bonds. The van der Waals surface area contributed by atoms with E-state index >= 15 is 0 Å². The molecule has 1 N–H and O–H groups in total. The first kappa shape index (κ1) is 19.2. The molecule has 3 aromatic rings. The normalized spacial score (nSPS) is 20.6. The molecule has 162 valence electrons. The Hall–Kier alpha value is -3.52. The van der Waals surface area contributed by atoms with Crippen LogP contribution in [0.2, 0.25) is 0 Å². The van der Waals surface area contributed by atoms with Crippen molar-refractivity contribution >= 4 is 28.5 Å². The van der Waals surface area contributed by atoms with Crippen LogP contribution in [0.5, 0.6) is 0 Å². The van der Waals surface area contributed by atoms with Gasteiger partial charge in [0.2, 0.25) is 5.91 Å². The number of fused-ring (bicyclic) bond motifs is 5. The molecule has 3 aliphatic rings. The average molecular weight is 431 g/mol. The lowest BCUT2D eigenvalue weighted by Crippen LogP contribution is -2.44. The number of cyclic esters (lactones) is 1. The highest BCUT2D eigenvalue weighted by molar-refractivity contribution is 6.06. The summed E-state index contributed by atoms with van der Waals surface area (Å²) >= 11 is 0. The fraction of sp³-hybridized carbons (Fsp3) is 0.333. The van der Waals surface area contributed by atoms with Gasteiger partial charge in [0.1, 0.15) is 6.61 Å². The Labute approximate surface area is 183 Å². The van der Waals surface area contributed by atoms with E-state index in [4.69, 9.17) is 9.72 Å². The minimum absolute atomic E-state index is 0.0145. The maximum Gasteiger partial charge on any atom is 0.343 e. The Bertz CT molecular complexity index is 1440. The van der Waals surface area contributed by atoms with Crippen LogP contribution in [0.15, 0.2) is 29.1 Å². The van der Waals surface area contributed by atoms with Crippen molar-refractivity contribution in [1.82, 2.24) is 9.55 Å². The van der Waals surface area contributed by atoms with Crippen molar-refractivity contribution < 1.29 is 19.4 Å². The van der Waals surface area contributed by atoms with Gasteiger partial charge in [-0.25, -0.2) is 9.78 Å². The standard InChI is InChI=1S/C24H21N3O5/c1-3-24(31)16-9-19-21-14(10-27(19)22(29)15(16)11-32-23(24)30)13-7-8-26(12(2)28)18-6-4-5-17(25-21)20(13)18/h4-6,9,31H,3,7-8,10-11H2,1-2H3. The summed E-state index contributed by atoms with van der Waals surface area (Å²) in [4.78, 5) is 44.5. The SMILES string of the molecule is CCC1(O)C(=O)OCc2c1cc1n(c2=O)Cc2c-1nc1cccc3c1c2CCN3C(C)=O. The van der Waals surface area contributed by atoms with Crippen molar-refractivity contribution in [3.63, 3.8) is 0 Å². The van der Waals surface area contributed by atoms with Crippen molar-refractivity contribution in [2.24, 2.45) is 0 Å². The fourth-order valence-electron chi connectivity index (χ4n) is 5.38. The second-order valence-corrected chi connectivity index (χ2v) is 8.61. The van der Waals surface area contributed by atoms with E-state index in [2.05, 4.69) is 0 Å². The number of carbonyl (C=O) groups is 2. The summed E-state index contributed by atoms with van der Waals surface area (Å²) in [6, 6.07) is 7.44. The highest BCUT2D eigenvalue weighted by Crippen LogP contribution is 2.43. The summed E-state index contributed by atoms with van der Waals surface area (Å²) in [5.41, 5.74) is 3.45. The number of nitrogens with zero attached hydrogens (tertiary/aromatic N) is 3. The van der Waals surface area contributed by atoms with E-state index in [0.717, 1.165) is 27.7 Å². The number of anilines is 1. The van der Waals surface area contributed by atoms with Crippen LogP contribution in [-0.2, 0) is 39.5 Å². The summed E-state index contributed by atoms with van der Waals surface area (Å²) in [7, 11) is 0. The van der Waals surface area contributed by atoms with Crippen LogP contribution >= 0.6 is 0 Å². The lowest BCUT2D eigenvalue weighted by molar-refractivity contribution is -0.172. The summed E-state index contributed by atoms with van der Waals surface area (Å²) in [6.07, 6.45) is 0.774. The van der Waals surface area contributed by atoms with Gasteiger partial charge in [0.05, 0.1) is 34.7 Å². The number of carbonyl (C=O) groups excluding carboxylic acids is 2. The third-order valence-electron chi connectivity index (χ3n) is 7.06. The highest BCUT2D eigenvalue weighted by Gasteiger charge is 2.45. The number of hydrogen-bond donors (Lipinski definition) is 1. The molecule has 0 saturated heterocycles. The second kappa shape index (κ2) is 6.26. The lowest BCUT2D eigenvalue weighted by atomic mass is 9.86. The van der Waals surface area contributed by atoms with Crippen molar-refractivity contribution in [3.8, 4) is 11.4 Å². The van der Waals surface area contributed by atoms with Crippen LogP contribution in [-0.4, -0.2) is 33.1 Å². The number of hydrogen-bond acceptors (Lipinski definition) is 6. The first-order valence-corrected chi connectivity index (χ1v) is 10.7. The Morgan fingerprint density at radius 2 is 2.06 bits per heavy atom. The third-order valence-corrected chi connectivity index (χ3v) is 7.06. The van der Waals surface area contributed by atoms with Crippen LogP contribution in [0, 0.1) is 0 Å². The Morgan fingerprint density at radius 3 is 2.81 bits per heavy atom. The minimum Gasteiger partial charge on any atom is -0.458 e. The lowest BCUT2D eigenvalue weighted by Gasteiger charge is -2.31. The van der Waals surface area contributed by atoms with Crippen LogP contribution in [0.3, 0.4) is 0 Å². The molecule has 3 aliphatic heterocycles. The molecule has 0 aliphatic carbocycles. The summed E-state index contributed by atoms with van der Waals surface area (Å²) in [5, 5.41) is 12.0. The Balaban J connectivity index is 1.64. The molecule has 0 bridgehead atoms. The molecular weight excluding hydrogens is 410 g/mol. The molecule has 0 radical (unpaired) electrons. The van der Waals surface area contributed by atoms with E-state index in [-0.39, 0.29) is 24.5 Å². The van der Waals surface area contributed by atoms with Crippen LogP contribution in [0.4, 0.5) is 5.69 Å². The van der Waals surface area contributed by atoms with Gasteiger partial charge >= 0.3 is 5.97 Å². The first-order chi connectivity index (χ1) is 15.3. The molecule has 1 aromatic carbocycles. The topological polar surface area (TPSA) is 102 Å². The average Bonchev–Trinajstić information content (AvgIpc) is 3.16. The monoisotopic (exact) mass is 431 g/mol. The van der Waals surface area contributed by atoms with Gasteiger partial charge in [0, 0.05) is 30.0 Å². The smallest absolute Gasteiger partial charge is 0.343 e. The Morgan fingerprint density at radius 1 is 1.25 bits per heavy atom. The fourth-order valence-corrected chi connectivity index (χ4v) is 5.38. The zero-order valence-corrected chi connectivity index (χ0v) is 17.8. The van der Waals surface area contributed by atoms with Crippen LogP contribution in [0.25, 0.3) is 22.3 Å². The molecule has 5 heterocycles. The van der Waals surface area contributed by atoms with Gasteiger partial charge in [-0.05, 0) is 36.6 Å². The van der Waals surface area contributed by atoms with Crippen molar-refractivity contribution in [2.75, 3.05) is 11.4 Å². The number of aliphatic hydroxyl groups is 1. The minimum atomic E-state index is -1.84. The molecule has 2 aromatic heterocycles. The van der Waals surface area contributed by atoms with Gasteiger partial charge in [0.25, 0.3) is 5.56 Å². The largest absolute Gasteiger partial charge is 0.458 e. The maximum absolute atomic E-state index is 13.4. The summed E-state index contributed by atoms with van der Waals surface area (Å²) < 4.78 is 6.79. The van der Waals surface area contributed by atoms with E-state index < -0.39 is 11.6 Å². The second-order valence-electron chi connectivity index (χ2n) is 8.61. The molecule has 1 atom stereocenters. The number of rotatable bonds is 1. The molecule has 1 unspecified atom stereocenters. The van der Waals surface area contributed by atoms with Gasteiger partial charge < -0.3 is 19.3 Å². The third kappa shape index (κ3) is 2.25. The van der Waals surface area contributed by atoms with E-state index in [0.29, 0.717) is 42.0 Å². The van der Waals surface area contributed by atoms with E-state index in [9.17, 15) is 19.5 Å². The molecule has 8 nitrogen and oxygen atoms in total. The molecule has 0 fully saturated rings. The predicted molar refractivity (Wildman–Crippen MR) is 116 cm³/mol. The summed E-state index contributed by atoms with van der Waals surface area (Å²) in [6.45, 7) is 4.03. The first-order valence-electron chi connectivity index (χ1n) is 10.7. The van der Waals surface area contributed by atoms with E-state index in [1.54, 1.807) is 29.4 Å². The number of benzene rings is 1. The quantitative estimate of drug-likeness (QED) is 0.463. The maximum atomic E-state index is 13.4. The number of amides is 1.